The van der Waals surface area contributed by atoms with Crippen LogP contribution in [0.15, 0.2) is 5.38 Å². The van der Waals surface area contributed by atoms with Gasteiger partial charge in [-0.15, -0.1) is 11.3 Å². The van der Waals surface area contributed by atoms with Crippen molar-refractivity contribution < 1.29 is 0 Å². The largest absolute Gasteiger partial charge is 0.354 e. The van der Waals surface area contributed by atoms with Crippen LogP contribution in [-0.4, -0.2) is 25.1 Å². The van der Waals surface area contributed by atoms with Crippen molar-refractivity contribution in [3.63, 3.8) is 0 Å². The summed E-state index contributed by atoms with van der Waals surface area (Å²) in [5, 5.41) is 6.78. The van der Waals surface area contributed by atoms with Crippen molar-refractivity contribution in [2.75, 3.05) is 19.0 Å². The second-order valence-electron chi connectivity index (χ2n) is 4.66. The van der Waals surface area contributed by atoms with E-state index < -0.39 is 0 Å². The Morgan fingerprint density at radius 3 is 2.56 bits per heavy atom. The van der Waals surface area contributed by atoms with E-state index in [0.29, 0.717) is 12.0 Å². The smallest absolute Gasteiger partial charge is 0.185 e. The second-order valence-corrected chi connectivity index (χ2v) is 5.49. The van der Waals surface area contributed by atoms with Gasteiger partial charge in [0.2, 0.25) is 0 Å². The van der Waals surface area contributed by atoms with Gasteiger partial charge in [0.05, 0.1) is 5.69 Å². The molecule has 92 valence electrons. The third kappa shape index (κ3) is 3.76. The number of anilines is 1. The number of thiazole rings is 1. The molecule has 1 atom stereocenters. The Kier molecular flexibility index (Phi) is 5.22. The zero-order chi connectivity index (χ0) is 12.1. The van der Waals surface area contributed by atoms with Gasteiger partial charge in [-0.05, 0) is 12.3 Å². The molecule has 3 nitrogen and oxygen atoms in total. The average Bonchev–Trinajstić information content (AvgIpc) is 2.67. The Morgan fingerprint density at radius 2 is 2.12 bits per heavy atom. The predicted octanol–water partition coefficient (Wildman–Crippen LogP) is 2.73. The van der Waals surface area contributed by atoms with E-state index in [-0.39, 0.29) is 0 Å². The van der Waals surface area contributed by atoms with Crippen molar-refractivity contribution in [3.8, 4) is 0 Å². The van der Waals surface area contributed by atoms with Crippen molar-refractivity contribution in [2.24, 2.45) is 5.92 Å². The molecule has 1 N–H and O–H groups in total. The molecule has 1 unspecified atom stereocenters. The molecule has 0 amide bonds. The van der Waals surface area contributed by atoms with Crippen LogP contribution in [0.3, 0.4) is 0 Å². The summed E-state index contributed by atoms with van der Waals surface area (Å²) >= 11 is 1.70. The molecule has 0 saturated heterocycles. The van der Waals surface area contributed by atoms with E-state index in [9.17, 15) is 0 Å². The molecule has 16 heavy (non-hydrogen) atoms. The lowest BCUT2D eigenvalue weighted by Gasteiger charge is -2.20. The van der Waals surface area contributed by atoms with E-state index in [1.165, 1.54) is 6.42 Å². The lowest BCUT2D eigenvalue weighted by molar-refractivity contribution is 0.386. The van der Waals surface area contributed by atoms with Gasteiger partial charge in [0, 0.05) is 32.1 Å². The highest BCUT2D eigenvalue weighted by atomic mass is 32.1. The normalized spacial score (nSPS) is 13.1. The summed E-state index contributed by atoms with van der Waals surface area (Å²) in [6, 6.07) is 0.588. The molecule has 0 fully saturated rings. The van der Waals surface area contributed by atoms with Crippen LogP contribution >= 0.6 is 11.3 Å². The highest BCUT2D eigenvalue weighted by molar-refractivity contribution is 7.13. The fourth-order valence-corrected chi connectivity index (χ4v) is 2.43. The van der Waals surface area contributed by atoms with Crippen LogP contribution in [0.1, 0.15) is 32.9 Å². The van der Waals surface area contributed by atoms with Gasteiger partial charge in [-0.25, -0.2) is 4.98 Å². The van der Waals surface area contributed by atoms with Crippen LogP contribution in [0.4, 0.5) is 5.13 Å². The molecule has 0 aliphatic carbocycles. The van der Waals surface area contributed by atoms with Crippen molar-refractivity contribution in [2.45, 2.75) is 39.8 Å². The quantitative estimate of drug-likeness (QED) is 0.830. The fraction of sp³-hybridized carbons (Fsp3) is 0.750. The van der Waals surface area contributed by atoms with Crippen LogP contribution in [-0.2, 0) is 6.54 Å². The van der Waals surface area contributed by atoms with E-state index >= 15 is 0 Å². The van der Waals surface area contributed by atoms with Crippen molar-refractivity contribution >= 4 is 16.5 Å². The Balaban J connectivity index is 2.47. The molecule has 0 radical (unpaired) electrons. The molecule has 0 saturated carbocycles. The van der Waals surface area contributed by atoms with Crippen molar-refractivity contribution in [1.82, 2.24) is 10.3 Å². The predicted molar refractivity (Wildman–Crippen MR) is 72.2 cm³/mol. The number of hydrogen-bond acceptors (Lipinski definition) is 4. The monoisotopic (exact) mass is 241 g/mol. The number of nitrogens with zero attached hydrogens (tertiary/aromatic N) is 2. The molecule has 4 heteroatoms. The molecule has 0 bridgehead atoms. The summed E-state index contributed by atoms with van der Waals surface area (Å²) in [5.74, 6) is 0.678. The minimum absolute atomic E-state index is 0.588. The fourth-order valence-electron chi connectivity index (χ4n) is 1.67. The van der Waals surface area contributed by atoms with Crippen molar-refractivity contribution in [3.05, 3.63) is 11.1 Å². The summed E-state index contributed by atoms with van der Waals surface area (Å²) in [6.07, 6.45) is 1.17. The SMILES string of the molecule is CCC(NCc1csc(N(C)C)n1)C(C)C. The zero-order valence-electron chi connectivity index (χ0n) is 10.9. The molecular formula is C12H23N3S. The maximum Gasteiger partial charge on any atom is 0.185 e. The first-order valence-electron chi connectivity index (χ1n) is 5.89. The lowest BCUT2D eigenvalue weighted by atomic mass is 10.0. The third-order valence-corrected chi connectivity index (χ3v) is 3.77. The lowest BCUT2D eigenvalue weighted by Crippen LogP contribution is -2.32. The summed E-state index contributed by atoms with van der Waals surface area (Å²) in [7, 11) is 4.05. The number of rotatable bonds is 6. The average molecular weight is 241 g/mol. The number of aromatic nitrogens is 1. The second kappa shape index (κ2) is 6.21. The number of hydrogen-bond donors (Lipinski definition) is 1. The van der Waals surface area contributed by atoms with Crippen LogP contribution < -0.4 is 10.2 Å². The van der Waals surface area contributed by atoms with Crippen LogP contribution in [0.25, 0.3) is 0 Å². The van der Waals surface area contributed by atoms with Crippen molar-refractivity contribution in [1.29, 1.82) is 0 Å². The van der Waals surface area contributed by atoms with Gasteiger partial charge in [-0.3, -0.25) is 0 Å². The molecule has 0 spiro atoms. The molecular weight excluding hydrogens is 218 g/mol. The maximum atomic E-state index is 4.56. The van der Waals surface area contributed by atoms with Gasteiger partial charge in [0.25, 0.3) is 0 Å². The van der Waals surface area contributed by atoms with Gasteiger partial charge >= 0.3 is 0 Å². The zero-order valence-corrected chi connectivity index (χ0v) is 11.8. The van der Waals surface area contributed by atoms with Crippen LogP contribution in [0.2, 0.25) is 0 Å². The minimum Gasteiger partial charge on any atom is -0.354 e. The summed E-state index contributed by atoms with van der Waals surface area (Å²) in [4.78, 5) is 6.61. The standard InChI is InChI=1S/C12H23N3S/c1-6-11(9(2)3)13-7-10-8-16-12(14-10)15(4)5/h8-9,11,13H,6-7H2,1-5H3. The minimum atomic E-state index is 0.588. The molecule has 1 aromatic rings. The van der Waals surface area contributed by atoms with E-state index in [4.69, 9.17) is 0 Å². The van der Waals surface area contributed by atoms with Gasteiger partial charge in [-0.2, -0.15) is 0 Å². The summed E-state index contributed by atoms with van der Waals surface area (Å²) < 4.78 is 0. The Hall–Kier alpha value is -0.610. The summed E-state index contributed by atoms with van der Waals surface area (Å²) in [6.45, 7) is 7.62. The van der Waals surface area contributed by atoms with E-state index in [1.54, 1.807) is 11.3 Å². The Bertz CT molecular complexity index is 307. The van der Waals surface area contributed by atoms with Gasteiger partial charge in [0.1, 0.15) is 0 Å². The Morgan fingerprint density at radius 1 is 1.44 bits per heavy atom. The van der Waals surface area contributed by atoms with E-state index in [1.807, 2.05) is 19.0 Å². The van der Waals surface area contributed by atoms with E-state index in [0.717, 1.165) is 17.4 Å². The maximum absolute atomic E-state index is 4.56. The van der Waals surface area contributed by atoms with Gasteiger partial charge in [-0.1, -0.05) is 20.8 Å². The first-order valence-corrected chi connectivity index (χ1v) is 6.77. The van der Waals surface area contributed by atoms with Gasteiger partial charge in [0.15, 0.2) is 5.13 Å². The first-order chi connectivity index (χ1) is 7.54. The van der Waals surface area contributed by atoms with E-state index in [2.05, 4.69) is 36.5 Å². The molecule has 1 rings (SSSR count). The highest BCUT2D eigenvalue weighted by Gasteiger charge is 2.11. The molecule has 0 aliphatic heterocycles. The summed E-state index contributed by atoms with van der Waals surface area (Å²) in [5.41, 5.74) is 1.15. The topological polar surface area (TPSA) is 28.2 Å². The molecule has 1 heterocycles. The molecule has 1 aromatic heterocycles. The Labute approximate surface area is 103 Å². The van der Waals surface area contributed by atoms with Crippen LogP contribution in [0, 0.1) is 5.92 Å². The molecule has 0 aromatic carbocycles. The number of nitrogens with one attached hydrogen (secondary N) is 1. The first kappa shape index (κ1) is 13.5. The van der Waals surface area contributed by atoms with Gasteiger partial charge < -0.3 is 10.2 Å². The highest BCUT2D eigenvalue weighted by Crippen LogP contribution is 2.18. The van der Waals surface area contributed by atoms with Crippen LogP contribution in [0.5, 0.6) is 0 Å². The third-order valence-electron chi connectivity index (χ3n) is 2.71. The molecule has 0 aliphatic rings.